The maximum atomic E-state index is 10.7. The van der Waals surface area contributed by atoms with Crippen molar-refractivity contribution in [1.82, 2.24) is 5.32 Å². The molecular weight excluding hydrogens is 134 g/mol. The summed E-state index contributed by atoms with van der Waals surface area (Å²) in [5.74, 6) is -0.787. The first-order valence-electron chi connectivity index (χ1n) is 2.91. The lowest BCUT2D eigenvalue weighted by atomic mass is 10.1. The van der Waals surface area contributed by atoms with Crippen LogP contribution in [0, 0.1) is 0 Å². The minimum Gasteiger partial charge on any atom is -0.515 e. The topological polar surface area (TPSA) is 66.4 Å². The predicted molar refractivity (Wildman–Crippen MR) is 33.3 cm³/mol. The van der Waals surface area contributed by atoms with E-state index < -0.39 is 5.91 Å². The van der Waals surface area contributed by atoms with Gasteiger partial charge in [-0.1, -0.05) is 0 Å². The fourth-order valence-corrected chi connectivity index (χ4v) is 0.777. The Kier molecular flexibility index (Phi) is 1.71. The number of carbonyl (C=O) groups is 2. The SMILES string of the molecule is O=C1CCNC(=O)C1=CO. The first kappa shape index (κ1) is 6.80. The summed E-state index contributed by atoms with van der Waals surface area (Å²) in [5.41, 5.74) is -0.147. The van der Waals surface area contributed by atoms with Gasteiger partial charge in [-0.3, -0.25) is 9.59 Å². The summed E-state index contributed by atoms with van der Waals surface area (Å²) in [6, 6.07) is 0. The second kappa shape index (κ2) is 2.51. The number of ketones is 1. The lowest BCUT2D eigenvalue weighted by Crippen LogP contribution is -2.36. The average Bonchev–Trinajstić information content (AvgIpc) is 1.88. The number of Topliss-reactive ketones (excluding diaryl/α,β-unsaturated/α-hetero) is 1. The van der Waals surface area contributed by atoms with Crippen LogP contribution in [0.15, 0.2) is 11.8 Å². The van der Waals surface area contributed by atoms with Crippen molar-refractivity contribution in [3.05, 3.63) is 11.8 Å². The van der Waals surface area contributed by atoms with Gasteiger partial charge >= 0.3 is 0 Å². The third-order valence-electron chi connectivity index (χ3n) is 1.31. The summed E-state index contributed by atoms with van der Waals surface area (Å²) in [7, 11) is 0. The number of hydrogen-bond acceptors (Lipinski definition) is 3. The largest absolute Gasteiger partial charge is 0.515 e. The molecule has 54 valence electrons. The molecule has 4 heteroatoms. The van der Waals surface area contributed by atoms with Gasteiger partial charge in [0.25, 0.3) is 5.91 Å². The third-order valence-corrected chi connectivity index (χ3v) is 1.31. The molecule has 0 aliphatic carbocycles. The Morgan fingerprint density at radius 3 is 2.60 bits per heavy atom. The number of aliphatic hydroxyl groups excluding tert-OH is 1. The molecule has 1 amide bonds. The summed E-state index contributed by atoms with van der Waals surface area (Å²) < 4.78 is 0. The Morgan fingerprint density at radius 1 is 1.50 bits per heavy atom. The monoisotopic (exact) mass is 141 g/mol. The van der Waals surface area contributed by atoms with Crippen molar-refractivity contribution in [2.75, 3.05) is 6.54 Å². The highest BCUT2D eigenvalue weighted by Crippen LogP contribution is 2.03. The number of hydrogen-bond donors (Lipinski definition) is 2. The molecule has 1 aliphatic heterocycles. The molecule has 1 saturated heterocycles. The molecule has 0 radical (unpaired) electrons. The lowest BCUT2D eigenvalue weighted by Gasteiger charge is -2.11. The number of nitrogens with one attached hydrogen (secondary N) is 1. The van der Waals surface area contributed by atoms with Crippen molar-refractivity contribution in [2.45, 2.75) is 6.42 Å². The van der Waals surface area contributed by atoms with Gasteiger partial charge in [0, 0.05) is 13.0 Å². The van der Waals surface area contributed by atoms with E-state index in [1.54, 1.807) is 0 Å². The van der Waals surface area contributed by atoms with Crippen molar-refractivity contribution < 1.29 is 14.7 Å². The Hall–Kier alpha value is -1.32. The first-order valence-corrected chi connectivity index (χ1v) is 2.91. The second-order valence-corrected chi connectivity index (χ2v) is 1.97. The van der Waals surface area contributed by atoms with Gasteiger partial charge in [0.05, 0.1) is 6.26 Å². The van der Waals surface area contributed by atoms with Crippen LogP contribution in [-0.2, 0) is 9.59 Å². The van der Waals surface area contributed by atoms with E-state index in [4.69, 9.17) is 5.11 Å². The molecule has 0 aromatic carbocycles. The minimum absolute atomic E-state index is 0.147. The zero-order valence-corrected chi connectivity index (χ0v) is 5.26. The summed E-state index contributed by atoms with van der Waals surface area (Å²) in [6.07, 6.45) is 0.828. The molecule has 10 heavy (non-hydrogen) atoms. The number of rotatable bonds is 0. The Labute approximate surface area is 57.5 Å². The zero-order valence-electron chi connectivity index (χ0n) is 5.26. The molecule has 0 atom stereocenters. The molecule has 0 saturated carbocycles. The summed E-state index contributed by atoms with van der Waals surface area (Å²) in [4.78, 5) is 21.4. The smallest absolute Gasteiger partial charge is 0.258 e. The Bertz CT molecular complexity index is 189. The molecule has 1 rings (SSSR count). The molecule has 1 aliphatic rings. The molecule has 0 spiro atoms. The molecule has 0 aromatic rings. The fraction of sp³-hybridized carbons (Fsp3) is 0.333. The maximum Gasteiger partial charge on any atom is 0.258 e. The normalized spacial score (nSPS) is 23.0. The Morgan fingerprint density at radius 2 is 2.20 bits per heavy atom. The molecule has 2 N–H and O–H groups in total. The fourth-order valence-electron chi connectivity index (χ4n) is 0.777. The van der Waals surface area contributed by atoms with E-state index in [0.717, 1.165) is 0 Å². The van der Waals surface area contributed by atoms with Crippen LogP contribution in [0.5, 0.6) is 0 Å². The third kappa shape index (κ3) is 1.00. The van der Waals surface area contributed by atoms with Gasteiger partial charge in [-0.2, -0.15) is 0 Å². The highest BCUT2D eigenvalue weighted by Gasteiger charge is 2.22. The maximum absolute atomic E-state index is 10.7. The van der Waals surface area contributed by atoms with E-state index in [-0.39, 0.29) is 17.8 Å². The van der Waals surface area contributed by atoms with Crippen molar-refractivity contribution >= 4 is 11.7 Å². The quantitative estimate of drug-likeness (QED) is 0.272. The number of amides is 1. The van der Waals surface area contributed by atoms with Crippen molar-refractivity contribution in [3.63, 3.8) is 0 Å². The molecule has 1 heterocycles. The molecular formula is C6H7NO3. The molecule has 0 unspecified atom stereocenters. The van der Waals surface area contributed by atoms with Gasteiger partial charge in [-0.05, 0) is 0 Å². The van der Waals surface area contributed by atoms with E-state index in [1.807, 2.05) is 0 Å². The van der Waals surface area contributed by atoms with Crippen molar-refractivity contribution in [2.24, 2.45) is 0 Å². The minimum atomic E-state index is -0.487. The summed E-state index contributed by atoms with van der Waals surface area (Å²) in [5, 5.41) is 10.8. The highest BCUT2D eigenvalue weighted by atomic mass is 16.2. The van der Waals surface area contributed by atoms with Crippen LogP contribution in [0.25, 0.3) is 0 Å². The van der Waals surface area contributed by atoms with Crippen molar-refractivity contribution in [3.8, 4) is 0 Å². The van der Waals surface area contributed by atoms with Crippen LogP contribution in [0.1, 0.15) is 6.42 Å². The second-order valence-electron chi connectivity index (χ2n) is 1.97. The zero-order chi connectivity index (χ0) is 7.56. The Balaban J connectivity index is 2.83. The van der Waals surface area contributed by atoms with Gasteiger partial charge < -0.3 is 10.4 Å². The van der Waals surface area contributed by atoms with Gasteiger partial charge in [-0.25, -0.2) is 0 Å². The lowest BCUT2D eigenvalue weighted by molar-refractivity contribution is -0.124. The number of carbonyl (C=O) groups excluding carboxylic acids is 2. The highest BCUT2D eigenvalue weighted by molar-refractivity contribution is 6.20. The standard InChI is InChI=1S/C6H7NO3/c8-3-4-5(9)1-2-7-6(4)10/h3,8H,1-2H2,(H,7,10). The van der Waals surface area contributed by atoms with E-state index in [1.165, 1.54) is 0 Å². The predicted octanol–water partition coefficient (Wildman–Crippen LogP) is -0.483. The number of aliphatic hydroxyl groups is 1. The van der Waals surface area contributed by atoms with Gasteiger partial charge in [-0.15, -0.1) is 0 Å². The number of piperidine rings is 1. The van der Waals surface area contributed by atoms with Crippen LogP contribution in [0.2, 0.25) is 0 Å². The van der Waals surface area contributed by atoms with Gasteiger partial charge in [0.2, 0.25) is 0 Å². The van der Waals surface area contributed by atoms with E-state index in [0.29, 0.717) is 12.8 Å². The van der Waals surface area contributed by atoms with Crippen LogP contribution in [0.4, 0.5) is 0 Å². The van der Waals surface area contributed by atoms with Crippen LogP contribution >= 0.6 is 0 Å². The van der Waals surface area contributed by atoms with E-state index in [2.05, 4.69) is 5.32 Å². The van der Waals surface area contributed by atoms with Crippen LogP contribution in [-0.4, -0.2) is 23.3 Å². The molecule has 0 bridgehead atoms. The van der Waals surface area contributed by atoms with E-state index in [9.17, 15) is 9.59 Å². The van der Waals surface area contributed by atoms with Crippen molar-refractivity contribution in [1.29, 1.82) is 0 Å². The van der Waals surface area contributed by atoms with Crippen LogP contribution in [0.3, 0.4) is 0 Å². The molecule has 4 nitrogen and oxygen atoms in total. The van der Waals surface area contributed by atoms with E-state index >= 15 is 0 Å². The molecule has 0 aromatic heterocycles. The first-order chi connectivity index (χ1) is 4.75. The van der Waals surface area contributed by atoms with Crippen LogP contribution < -0.4 is 5.32 Å². The van der Waals surface area contributed by atoms with Gasteiger partial charge in [0.15, 0.2) is 5.78 Å². The summed E-state index contributed by atoms with van der Waals surface area (Å²) >= 11 is 0. The summed E-state index contributed by atoms with van der Waals surface area (Å²) in [6.45, 7) is 0.370. The van der Waals surface area contributed by atoms with Gasteiger partial charge in [0.1, 0.15) is 5.57 Å². The average molecular weight is 141 g/mol. The molecule has 1 fully saturated rings.